The lowest BCUT2D eigenvalue weighted by atomic mass is 10.1. The second kappa shape index (κ2) is 16.6. The van der Waals surface area contributed by atoms with Crippen LogP contribution in [0.2, 0.25) is 0 Å². The van der Waals surface area contributed by atoms with E-state index in [0.29, 0.717) is 25.2 Å². The summed E-state index contributed by atoms with van der Waals surface area (Å²) in [5.74, 6) is 0. The zero-order valence-electron chi connectivity index (χ0n) is 24.5. The van der Waals surface area contributed by atoms with Gasteiger partial charge in [0.2, 0.25) is 0 Å². The van der Waals surface area contributed by atoms with Crippen LogP contribution >= 0.6 is 11.3 Å². The highest BCUT2D eigenvalue weighted by Gasteiger charge is 2.15. The number of rotatable bonds is 18. The Bertz CT molecular complexity index is 1440. The van der Waals surface area contributed by atoms with Crippen molar-refractivity contribution in [3.8, 4) is 0 Å². The summed E-state index contributed by atoms with van der Waals surface area (Å²) in [4.78, 5) is 5.03. The number of anilines is 1. The van der Waals surface area contributed by atoms with E-state index in [0.717, 1.165) is 40.2 Å². The molecule has 0 unspecified atom stereocenters. The van der Waals surface area contributed by atoms with Crippen molar-refractivity contribution in [2.45, 2.75) is 75.7 Å². The lowest BCUT2D eigenvalue weighted by molar-refractivity contribution is 0.175. The summed E-state index contributed by atoms with van der Waals surface area (Å²) in [5, 5.41) is 16.8. The largest absolute Gasteiger partial charge is 0.387 e. The summed E-state index contributed by atoms with van der Waals surface area (Å²) in [6.07, 6.45) is 9.65. The van der Waals surface area contributed by atoms with Gasteiger partial charge in [0.25, 0.3) is 10.0 Å². The van der Waals surface area contributed by atoms with Crippen molar-refractivity contribution in [2.24, 2.45) is 0 Å². The van der Waals surface area contributed by atoms with Crippen LogP contribution in [0, 0.1) is 0 Å². The summed E-state index contributed by atoms with van der Waals surface area (Å²) < 4.78 is 28.6. The molecule has 0 saturated carbocycles. The number of nitrogens with one attached hydrogen (secondary N) is 2. The average molecular weight is 606 g/mol. The van der Waals surface area contributed by atoms with Gasteiger partial charge in [0.05, 0.1) is 21.7 Å². The Kier molecular flexibility index (Phi) is 12.6. The van der Waals surface area contributed by atoms with Crippen LogP contribution in [-0.4, -0.2) is 31.6 Å². The molecule has 1 heterocycles. The fourth-order valence-electron chi connectivity index (χ4n) is 4.81. The fourth-order valence-corrected chi connectivity index (χ4v) is 6.73. The molecule has 0 saturated heterocycles. The molecule has 3 aromatic carbocycles. The molecule has 3 N–H and O–H groups in total. The number of aryl methyl sites for hydroxylation is 1. The van der Waals surface area contributed by atoms with E-state index in [1.54, 1.807) is 35.6 Å². The lowest BCUT2D eigenvalue weighted by Gasteiger charge is -2.12. The predicted molar refractivity (Wildman–Crippen MR) is 174 cm³/mol. The normalized spacial score (nSPS) is 12.3. The maximum atomic E-state index is 13.0. The van der Waals surface area contributed by atoms with Crippen LogP contribution in [0.1, 0.15) is 78.9 Å². The topological polar surface area (TPSA) is 91.3 Å². The van der Waals surface area contributed by atoms with Gasteiger partial charge in [-0.15, -0.1) is 11.3 Å². The van der Waals surface area contributed by atoms with Gasteiger partial charge in [-0.1, -0.05) is 93.6 Å². The Morgan fingerprint density at radius 1 is 0.833 bits per heavy atom. The quantitative estimate of drug-likeness (QED) is 0.104. The summed E-state index contributed by atoms with van der Waals surface area (Å²) in [6.45, 7) is 3.43. The van der Waals surface area contributed by atoms with Crippen molar-refractivity contribution in [1.29, 1.82) is 0 Å². The molecule has 0 aliphatic rings. The van der Waals surface area contributed by atoms with E-state index < -0.39 is 16.1 Å². The minimum atomic E-state index is -3.69. The molecular formula is C34H43N3O3S2. The number of aromatic nitrogens is 1. The van der Waals surface area contributed by atoms with Gasteiger partial charge in [0.15, 0.2) is 0 Å². The van der Waals surface area contributed by atoms with Gasteiger partial charge in [0, 0.05) is 24.0 Å². The van der Waals surface area contributed by atoms with Crippen LogP contribution in [0.25, 0.3) is 0 Å². The zero-order valence-corrected chi connectivity index (χ0v) is 26.1. The highest BCUT2D eigenvalue weighted by molar-refractivity contribution is 7.92. The average Bonchev–Trinajstić information content (AvgIpc) is 3.45. The molecule has 4 aromatic rings. The minimum absolute atomic E-state index is 0.236. The molecule has 0 aliphatic carbocycles. The highest BCUT2D eigenvalue weighted by atomic mass is 32.2. The summed E-state index contributed by atoms with van der Waals surface area (Å²) in [7, 11) is -3.69. The highest BCUT2D eigenvalue weighted by Crippen LogP contribution is 2.21. The van der Waals surface area contributed by atoms with Crippen molar-refractivity contribution in [3.63, 3.8) is 0 Å². The molecule has 1 atom stereocenters. The number of benzene rings is 3. The SMILES string of the molecule is CCCCCCCCc1csc(Cc2ccc(S(=O)(=O)Nc3ccc(CCNC[C@H](O)c4ccccc4)cc3)cc2)n1. The third-order valence-electron chi connectivity index (χ3n) is 7.29. The second-order valence-electron chi connectivity index (χ2n) is 10.8. The van der Waals surface area contributed by atoms with E-state index in [-0.39, 0.29) is 4.90 Å². The van der Waals surface area contributed by atoms with Crippen LogP contribution in [0.4, 0.5) is 5.69 Å². The molecule has 8 heteroatoms. The third-order valence-corrected chi connectivity index (χ3v) is 9.59. The van der Waals surface area contributed by atoms with Crippen LogP contribution in [0.15, 0.2) is 89.1 Å². The molecule has 224 valence electrons. The van der Waals surface area contributed by atoms with E-state index in [1.807, 2.05) is 54.6 Å². The summed E-state index contributed by atoms with van der Waals surface area (Å²) >= 11 is 1.68. The fraction of sp³-hybridized carbons (Fsp3) is 0.382. The maximum Gasteiger partial charge on any atom is 0.261 e. The summed E-state index contributed by atoms with van der Waals surface area (Å²) in [6, 6.07) is 24.1. The first-order valence-corrected chi connectivity index (χ1v) is 17.4. The van der Waals surface area contributed by atoms with E-state index in [9.17, 15) is 13.5 Å². The second-order valence-corrected chi connectivity index (χ2v) is 13.4. The molecule has 4 rings (SSSR count). The van der Waals surface area contributed by atoms with Gasteiger partial charge in [-0.3, -0.25) is 4.72 Å². The van der Waals surface area contributed by atoms with Gasteiger partial charge >= 0.3 is 0 Å². The molecule has 1 aromatic heterocycles. The first kappa shape index (κ1) is 31.9. The molecule has 0 fully saturated rings. The van der Waals surface area contributed by atoms with Crippen molar-refractivity contribution >= 4 is 27.0 Å². The van der Waals surface area contributed by atoms with Gasteiger partial charge in [-0.05, 0) is 66.8 Å². The standard InChI is InChI=1S/C34H43N3O3S2/c1-2-3-4-5-6-10-13-31-26-41-34(36-31)24-28-16-20-32(21-17-28)42(39,40)37-30-18-14-27(15-19-30)22-23-35-25-33(38)29-11-8-7-9-12-29/h7-9,11-12,14-21,26,33,35,37-38H,2-6,10,13,22-25H2,1H3/t33-/m0/s1. The van der Waals surface area contributed by atoms with Gasteiger partial charge in [-0.2, -0.15) is 0 Å². The van der Waals surface area contributed by atoms with Crippen LogP contribution in [-0.2, 0) is 29.3 Å². The Morgan fingerprint density at radius 2 is 1.52 bits per heavy atom. The maximum absolute atomic E-state index is 13.0. The molecule has 0 bridgehead atoms. The van der Waals surface area contributed by atoms with Gasteiger partial charge < -0.3 is 10.4 Å². The monoisotopic (exact) mass is 605 g/mol. The number of nitrogens with zero attached hydrogens (tertiary/aromatic N) is 1. The Labute approximate surface area is 255 Å². The van der Waals surface area contributed by atoms with Gasteiger partial charge in [-0.25, -0.2) is 13.4 Å². The van der Waals surface area contributed by atoms with Gasteiger partial charge in [0.1, 0.15) is 0 Å². The van der Waals surface area contributed by atoms with Crippen molar-refractivity contribution < 1.29 is 13.5 Å². The number of sulfonamides is 1. The van der Waals surface area contributed by atoms with Crippen molar-refractivity contribution in [2.75, 3.05) is 17.8 Å². The molecular weight excluding hydrogens is 563 g/mol. The van der Waals surface area contributed by atoms with E-state index in [4.69, 9.17) is 4.98 Å². The first-order chi connectivity index (χ1) is 20.4. The van der Waals surface area contributed by atoms with E-state index in [1.165, 1.54) is 38.5 Å². The first-order valence-electron chi connectivity index (χ1n) is 15.0. The predicted octanol–water partition coefficient (Wildman–Crippen LogP) is 7.30. The van der Waals surface area contributed by atoms with Crippen LogP contribution in [0.5, 0.6) is 0 Å². The number of hydrogen-bond donors (Lipinski definition) is 3. The lowest BCUT2D eigenvalue weighted by Crippen LogP contribution is -2.23. The summed E-state index contributed by atoms with van der Waals surface area (Å²) in [5.41, 5.74) is 4.71. The third kappa shape index (κ3) is 10.3. The van der Waals surface area contributed by atoms with Crippen molar-refractivity contribution in [3.05, 3.63) is 112 Å². The zero-order chi connectivity index (χ0) is 29.6. The molecule has 6 nitrogen and oxygen atoms in total. The van der Waals surface area contributed by atoms with Crippen LogP contribution < -0.4 is 10.0 Å². The molecule has 0 radical (unpaired) electrons. The minimum Gasteiger partial charge on any atom is -0.387 e. The van der Waals surface area contributed by atoms with Crippen molar-refractivity contribution in [1.82, 2.24) is 10.3 Å². The Balaban J connectivity index is 1.20. The number of aliphatic hydroxyl groups is 1. The number of unbranched alkanes of at least 4 members (excludes halogenated alkanes) is 5. The Hall–Kier alpha value is -3.04. The Morgan fingerprint density at radius 3 is 2.26 bits per heavy atom. The van der Waals surface area contributed by atoms with E-state index >= 15 is 0 Å². The number of thiazole rings is 1. The van der Waals surface area contributed by atoms with E-state index in [2.05, 4.69) is 22.3 Å². The van der Waals surface area contributed by atoms with Crippen LogP contribution in [0.3, 0.4) is 0 Å². The smallest absolute Gasteiger partial charge is 0.261 e. The molecule has 42 heavy (non-hydrogen) atoms. The molecule has 0 aliphatic heterocycles. The molecule has 0 amide bonds. The molecule has 0 spiro atoms. The number of hydrogen-bond acceptors (Lipinski definition) is 6. The number of aliphatic hydroxyl groups excluding tert-OH is 1.